The second-order valence-corrected chi connectivity index (χ2v) is 15.5. The van der Waals surface area contributed by atoms with Crippen molar-refractivity contribution in [3.05, 3.63) is 65.7 Å². The van der Waals surface area contributed by atoms with Gasteiger partial charge in [0.15, 0.2) is 5.75 Å². The average molecular weight is 812 g/mol. The Balaban J connectivity index is 1.16. The SMILES string of the molecule is C=N/C=C(\NCC1CCCN1C(=O)C(NC(=O)OC)C(C)C)c1ccc2c(c1)C(=O)Nc1ccc(-c3cnc(C4CCCN4C(=O)C(NC(=O)OC)C(C)C)[nH]3)cc1O2. The molecule has 3 aliphatic rings. The minimum atomic E-state index is -0.743. The number of methoxy groups -OCH3 is 2. The van der Waals surface area contributed by atoms with Gasteiger partial charge in [0, 0.05) is 43.0 Å². The molecule has 0 radical (unpaired) electrons. The van der Waals surface area contributed by atoms with E-state index in [0.29, 0.717) is 71.6 Å². The van der Waals surface area contributed by atoms with Gasteiger partial charge in [0.05, 0.1) is 49.1 Å². The highest BCUT2D eigenvalue weighted by Gasteiger charge is 2.38. The summed E-state index contributed by atoms with van der Waals surface area (Å²) >= 11 is 0. The minimum absolute atomic E-state index is 0.144. The third kappa shape index (κ3) is 9.34. The molecule has 4 atom stereocenters. The van der Waals surface area contributed by atoms with E-state index in [0.717, 1.165) is 24.8 Å². The Morgan fingerprint density at radius 3 is 2.25 bits per heavy atom. The lowest BCUT2D eigenvalue weighted by atomic mass is 10.0. The molecule has 3 aliphatic heterocycles. The van der Waals surface area contributed by atoms with Crippen LogP contribution in [0.15, 0.2) is 53.8 Å². The fraction of sp³-hybridized carbons (Fsp3) is 0.452. The summed E-state index contributed by atoms with van der Waals surface area (Å²) < 4.78 is 15.9. The van der Waals surface area contributed by atoms with Gasteiger partial charge in [-0.1, -0.05) is 33.8 Å². The van der Waals surface area contributed by atoms with E-state index >= 15 is 0 Å². The first-order valence-electron chi connectivity index (χ1n) is 19.9. The van der Waals surface area contributed by atoms with Crippen molar-refractivity contribution in [1.29, 1.82) is 0 Å². The van der Waals surface area contributed by atoms with Crippen molar-refractivity contribution < 1.29 is 38.2 Å². The number of carbonyl (C=O) groups is 5. The number of amides is 5. The van der Waals surface area contributed by atoms with Gasteiger partial charge in [0.2, 0.25) is 11.8 Å². The minimum Gasteiger partial charge on any atom is -0.454 e. The number of carbonyl (C=O) groups excluding carboxylic acids is 5. The zero-order valence-corrected chi connectivity index (χ0v) is 34.3. The maximum atomic E-state index is 13.6. The molecule has 0 aliphatic carbocycles. The molecule has 1 aromatic heterocycles. The predicted octanol–water partition coefficient (Wildman–Crippen LogP) is 5.44. The van der Waals surface area contributed by atoms with Crippen LogP contribution in [0.25, 0.3) is 17.0 Å². The van der Waals surface area contributed by atoms with Gasteiger partial charge < -0.3 is 50.3 Å². The molecule has 0 saturated carbocycles. The quantitative estimate of drug-likeness (QED) is 0.138. The molecule has 2 aromatic carbocycles. The van der Waals surface area contributed by atoms with Crippen LogP contribution in [0.2, 0.25) is 0 Å². The lowest BCUT2D eigenvalue weighted by molar-refractivity contribution is -0.136. The lowest BCUT2D eigenvalue weighted by Crippen LogP contribution is -2.53. The van der Waals surface area contributed by atoms with Crippen molar-refractivity contribution in [3.63, 3.8) is 0 Å². The molecule has 3 aromatic rings. The molecule has 314 valence electrons. The van der Waals surface area contributed by atoms with Crippen LogP contribution in [0.3, 0.4) is 0 Å². The first-order chi connectivity index (χ1) is 28.3. The van der Waals surface area contributed by atoms with Crippen molar-refractivity contribution >= 4 is 48.0 Å². The summed E-state index contributed by atoms with van der Waals surface area (Å²) in [7, 11) is 2.53. The number of hydrogen-bond donors (Lipinski definition) is 5. The molecule has 5 N–H and O–H groups in total. The van der Waals surface area contributed by atoms with Gasteiger partial charge in [-0.15, -0.1) is 0 Å². The second kappa shape index (κ2) is 18.5. The Morgan fingerprint density at radius 2 is 1.59 bits per heavy atom. The second-order valence-electron chi connectivity index (χ2n) is 15.5. The van der Waals surface area contributed by atoms with E-state index < -0.39 is 24.3 Å². The largest absolute Gasteiger partial charge is 0.454 e. The number of alkyl carbamates (subject to hydrolysis) is 2. The molecular formula is C42H53N9O8. The molecule has 5 amide bonds. The number of aliphatic imine (C=N–C) groups is 1. The van der Waals surface area contributed by atoms with Crippen LogP contribution in [0, 0.1) is 11.8 Å². The van der Waals surface area contributed by atoms with Gasteiger partial charge in [0.25, 0.3) is 5.91 Å². The maximum Gasteiger partial charge on any atom is 0.407 e. The number of aromatic nitrogens is 2. The van der Waals surface area contributed by atoms with Gasteiger partial charge in [-0.2, -0.15) is 0 Å². The number of nitrogens with one attached hydrogen (secondary N) is 5. The molecule has 2 fully saturated rings. The predicted molar refractivity (Wildman–Crippen MR) is 221 cm³/mol. The third-order valence-electron chi connectivity index (χ3n) is 10.9. The summed E-state index contributed by atoms with van der Waals surface area (Å²) in [5.41, 5.74) is 3.51. The topological polar surface area (TPSA) is 209 Å². The summed E-state index contributed by atoms with van der Waals surface area (Å²) in [4.78, 5) is 80.4. The van der Waals surface area contributed by atoms with Gasteiger partial charge >= 0.3 is 12.2 Å². The van der Waals surface area contributed by atoms with Crippen LogP contribution in [-0.2, 0) is 19.1 Å². The molecule has 17 nitrogen and oxygen atoms in total. The van der Waals surface area contributed by atoms with Crippen molar-refractivity contribution in [3.8, 4) is 22.8 Å². The number of H-pyrrole nitrogens is 1. The number of benzene rings is 2. The van der Waals surface area contributed by atoms with Crippen LogP contribution >= 0.6 is 0 Å². The fourth-order valence-corrected chi connectivity index (χ4v) is 7.75. The van der Waals surface area contributed by atoms with Crippen LogP contribution < -0.4 is 26.0 Å². The average Bonchev–Trinajstić information content (AvgIpc) is 4.01. The van der Waals surface area contributed by atoms with Crippen LogP contribution in [-0.4, -0.2) is 108 Å². The Morgan fingerprint density at radius 1 is 0.932 bits per heavy atom. The van der Waals surface area contributed by atoms with Crippen molar-refractivity contribution in [2.24, 2.45) is 16.8 Å². The van der Waals surface area contributed by atoms with Gasteiger partial charge in [-0.25, -0.2) is 14.6 Å². The highest BCUT2D eigenvalue weighted by atomic mass is 16.5. The van der Waals surface area contributed by atoms with Crippen LogP contribution in [0.4, 0.5) is 15.3 Å². The molecular weight excluding hydrogens is 759 g/mol. The zero-order valence-electron chi connectivity index (χ0n) is 34.3. The number of fused-ring (bicyclic) bond motifs is 2. The lowest BCUT2D eigenvalue weighted by Gasteiger charge is -2.31. The molecule has 6 rings (SSSR count). The van der Waals surface area contributed by atoms with E-state index in [1.807, 2.05) is 45.9 Å². The number of nitrogens with zero attached hydrogens (tertiary/aromatic N) is 4. The highest BCUT2D eigenvalue weighted by Crippen LogP contribution is 2.40. The Hall–Kier alpha value is -6.39. The summed E-state index contributed by atoms with van der Waals surface area (Å²) in [6.45, 7) is 12.6. The van der Waals surface area contributed by atoms with Crippen LogP contribution in [0.1, 0.15) is 81.2 Å². The highest BCUT2D eigenvalue weighted by molar-refractivity contribution is 6.08. The molecule has 0 bridgehead atoms. The number of ether oxygens (including phenoxy) is 3. The summed E-state index contributed by atoms with van der Waals surface area (Å²) in [6, 6.07) is 8.77. The molecule has 0 spiro atoms. The number of likely N-dealkylation sites (tertiary alicyclic amines) is 2. The standard InChI is InChI=1S/C42H53N9O8/c1-23(2)35(48-41(55)57-6)39(53)50-16-8-10-27(50)20-44-30(21-43-5)25-13-15-33-28(18-25)38(52)47-29-14-12-26(19-34(29)59-33)31-22-45-37(46-31)32-11-9-17-51(32)40(54)36(24(3)4)49-42(56)58-7/h12-15,18-19,21-24,27,32,35-36,44H,5,8-11,16-17,20H2,1-4,6-7H3,(H,45,46)(H,47,52)(H,48,55)(H,49,56)/b30-21-. The fourth-order valence-electron chi connectivity index (χ4n) is 7.75. The van der Waals surface area contributed by atoms with E-state index in [1.165, 1.54) is 14.2 Å². The van der Waals surface area contributed by atoms with E-state index in [4.69, 9.17) is 14.2 Å². The van der Waals surface area contributed by atoms with Crippen LogP contribution in [0.5, 0.6) is 11.5 Å². The van der Waals surface area contributed by atoms with E-state index in [1.54, 1.807) is 40.4 Å². The Kier molecular flexibility index (Phi) is 13.2. The molecule has 2 saturated heterocycles. The first kappa shape index (κ1) is 42.2. The van der Waals surface area contributed by atoms with E-state index in [9.17, 15) is 24.0 Å². The number of hydrogen-bond acceptors (Lipinski definition) is 11. The number of imidazole rings is 1. The zero-order chi connectivity index (χ0) is 42.4. The molecule has 59 heavy (non-hydrogen) atoms. The van der Waals surface area contributed by atoms with E-state index in [2.05, 4.69) is 42.9 Å². The molecule has 4 heterocycles. The summed E-state index contributed by atoms with van der Waals surface area (Å²) in [5.74, 6) is 0.386. The maximum absolute atomic E-state index is 13.6. The van der Waals surface area contributed by atoms with Gasteiger partial charge in [0.1, 0.15) is 23.7 Å². The van der Waals surface area contributed by atoms with Crippen molar-refractivity contribution in [2.45, 2.75) is 77.5 Å². The van der Waals surface area contributed by atoms with Crippen molar-refractivity contribution in [2.75, 3.05) is 39.2 Å². The normalized spacial score (nSPS) is 18.5. The van der Waals surface area contributed by atoms with Gasteiger partial charge in [-0.3, -0.25) is 19.4 Å². The summed E-state index contributed by atoms with van der Waals surface area (Å²) in [6.07, 6.45) is 5.04. The Bertz CT molecular complexity index is 2110. The Labute approximate surface area is 343 Å². The van der Waals surface area contributed by atoms with Crippen molar-refractivity contribution in [1.82, 2.24) is 35.7 Å². The molecule has 4 unspecified atom stereocenters. The summed E-state index contributed by atoms with van der Waals surface area (Å²) in [5, 5.41) is 11.7. The smallest absolute Gasteiger partial charge is 0.407 e. The third-order valence-corrected chi connectivity index (χ3v) is 10.9. The number of anilines is 1. The molecule has 17 heteroatoms. The van der Waals surface area contributed by atoms with E-state index in [-0.39, 0.29) is 41.6 Å². The first-order valence-corrected chi connectivity index (χ1v) is 19.9. The monoisotopic (exact) mass is 811 g/mol. The van der Waals surface area contributed by atoms with Gasteiger partial charge in [-0.05, 0) is 74.6 Å². The number of aromatic amines is 1. The number of rotatable bonds is 13.